The van der Waals surface area contributed by atoms with Gasteiger partial charge in [0, 0.05) is 29.1 Å². The van der Waals surface area contributed by atoms with Gasteiger partial charge < -0.3 is 9.64 Å². The molecule has 0 N–H and O–H groups in total. The SMILES string of the molecule is COC(=O)c1cc(C(=O)N2CCc3sccc3[C@@H]2C)cc([N+](=O)[O-])c1. The van der Waals surface area contributed by atoms with E-state index in [1.54, 1.807) is 16.2 Å². The van der Waals surface area contributed by atoms with Crippen LogP contribution in [0.5, 0.6) is 0 Å². The molecule has 0 aliphatic carbocycles. The topological polar surface area (TPSA) is 89.8 Å². The third-order valence-corrected chi connectivity index (χ3v) is 5.33. The fourth-order valence-electron chi connectivity index (χ4n) is 3.03. The first-order valence-corrected chi connectivity index (χ1v) is 8.55. The lowest BCUT2D eigenvalue weighted by Crippen LogP contribution is -2.38. The van der Waals surface area contributed by atoms with Gasteiger partial charge in [-0.25, -0.2) is 4.79 Å². The van der Waals surface area contributed by atoms with Crippen LogP contribution in [0.15, 0.2) is 29.6 Å². The molecule has 1 atom stereocenters. The van der Waals surface area contributed by atoms with Crippen LogP contribution in [-0.2, 0) is 11.2 Å². The van der Waals surface area contributed by atoms with E-state index < -0.39 is 10.9 Å². The zero-order valence-corrected chi connectivity index (χ0v) is 14.5. The maximum absolute atomic E-state index is 12.9. The van der Waals surface area contributed by atoms with Crippen molar-refractivity contribution < 1.29 is 19.2 Å². The van der Waals surface area contributed by atoms with Crippen LogP contribution in [0.25, 0.3) is 0 Å². The Hall–Kier alpha value is -2.74. The Balaban J connectivity index is 1.98. The quantitative estimate of drug-likeness (QED) is 0.476. The molecule has 1 amide bonds. The molecule has 8 heteroatoms. The van der Waals surface area contributed by atoms with Gasteiger partial charge in [-0.2, -0.15) is 0 Å². The zero-order valence-electron chi connectivity index (χ0n) is 13.7. The number of nitro groups is 1. The first-order valence-electron chi connectivity index (χ1n) is 7.67. The number of thiophene rings is 1. The minimum atomic E-state index is -0.718. The van der Waals surface area contributed by atoms with E-state index in [0.717, 1.165) is 18.1 Å². The first kappa shape index (κ1) is 17.1. The minimum absolute atomic E-state index is 0.0130. The normalized spacial score (nSPS) is 16.2. The first-order chi connectivity index (χ1) is 11.9. The summed E-state index contributed by atoms with van der Waals surface area (Å²) < 4.78 is 4.62. The summed E-state index contributed by atoms with van der Waals surface area (Å²) in [6.45, 7) is 2.46. The molecular formula is C17H16N2O5S. The van der Waals surface area contributed by atoms with E-state index in [-0.39, 0.29) is 28.8 Å². The molecule has 1 aliphatic rings. The van der Waals surface area contributed by atoms with E-state index >= 15 is 0 Å². The van der Waals surface area contributed by atoms with Crippen molar-refractivity contribution in [2.75, 3.05) is 13.7 Å². The molecule has 0 radical (unpaired) electrons. The van der Waals surface area contributed by atoms with Crippen molar-refractivity contribution in [3.05, 3.63) is 61.3 Å². The van der Waals surface area contributed by atoms with Gasteiger partial charge in [0.1, 0.15) is 0 Å². The second kappa shape index (κ2) is 6.64. The van der Waals surface area contributed by atoms with Crippen molar-refractivity contribution in [1.29, 1.82) is 0 Å². The van der Waals surface area contributed by atoms with Gasteiger partial charge in [-0.15, -0.1) is 11.3 Å². The van der Waals surface area contributed by atoms with E-state index in [9.17, 15) is 19.7 Å². The number of hydrogen-bond donors (Lipinski definition) is 0. The lowest BCUT2D eigenvalue weighted by atomic mass is 9.99. The third kappa shape index (κ3) is 3.12. The van der Waals surface area contributed by atoms with Crippen LogP contribution in [-0.4, -0.2) is 35.4 Å². The van der Waals surface area contributed by atoms with Gasteiger partial charge in [0.05, 0.1) is 23.6 Å². The number of carbonyl (C=O) groups is 2. The van der Waals surface area contributed by atoms with Crippen molar-refractivity contribution >= 4 is 28.9 Å². The Kier molecular flexibility index (Phi) is 4.54. The second-order valence-corrected chi connectivity index (χ2v) is 6.74. The molecule has 3 rings (SSSR count). The number of fused-ring (bicyclic) bond motifs is 1. The van der Waals surface area contributed by atoms with Crippen molar-refractivity contribution in [2.24, 2.45) is 0 Å². The lowest BCUT2D eigenvalue weighted by molar-refractivity contribution is -0.384. The molecule has 1 aromatic carbocycles. The Bertz CT molecular complexity index is 860. The number of amides is 1. The number of hydrogen-bond acceptors (Lipinski definition) is 6. The van der Waals surface area contributed by atoms with E-state index in [1.165, 1.54) is 24.1 Å². The predicted octanol–water partition coefficient (Wildman–Crippen LogP) is 3.20. The molecular weight excluding hydrogens is 344 g/mol. The molecule has 130 valence electrons. The maximum Gasteiger partial charge on any atom is 0.338 e. The number of nitrogens with zero attached hydrogens (tertiary/aromatic N) is 2. The van der Waals surface area contributed by atoms with E-state index in [0.29, 0.717) is 6.54 Å². The number of carbonyl (C=O) groups excluding carboxylic acids is 2. The summed E-state index contributed by atoms with van der Waals surface area (Å²) in [5, 5.41) is 13.1. The summed E-state index contributed by atoms with van der Waals surface area (Å²) in [5.41, 5.74) is 0.886. The highest BCUT2D eigenvalue weighted by Gasteiger charge is 2.30. The summed E-state index contributed by atoms with van der Waals surface area (Å²) in [7, 11) is 1.19. The monoisotopic (exact) mass is 360 g/mol. The highest BCUT2D eigenvalue weighted by atomic mass is 32.1. The Morgan fingerprint density at radius 3 is 2.72 bits per heavy atom. The number of rotatable bonds is 3. The molecule has 2 heterocycles. The number of methoxy groups -OCH3 is 1. The molecule has 0 fully saturated rings. The van der Waals surface area contributed by atoms with Gasteiger partial charge >= 0.3 is 5.97 Å². The molecule has 0 saturated carbocycles. The summed E-state index contributed by atoms with van der Waals surface area (Å²) in [6, 6.07) is 5.53. The van der Waals surface area contributed by atoms with Gasteiger partial charge in [-0.3, -0.25) is 14.9 Å². The Morgan fingerprint density at radius 1 is 1.32 bits per heavy atom. The standard InChI is InChI=1S/C17H16N2O5S/c1-10-14-4-6-25-15(14)3-5-18(10)16(20)11-7-12(17(21)24-2)9-13(8-11)19(22)23/h4,6-10H,3,5H2,1-2H3/t10-/m0/s1. The van der Waals surface area contributed by atoms with Crippen molar-refractivity contribution in [1.82, 2.24) is 4.90 Å². The molecule has 1 aromatic heterocycles. The van der Waals surface area contributed by atoms with Gasteiger partial charge in [0.2, 0.25) is 0 Å². The summed E-state index contributed by atoms with van der Waals surface area (Å²) in [5.74, 6) is -1.05. The maximum atomic E-state index is 12.9. The molecule has 0 bridgehead atoms. The van der Waals surface area contributed by atoms with Crippen LogP contribution in [0.2, 0.25) is 0 Å². The van der Waals surface area contributed by atoms with Gasteiger partial charge in [0.15, 0.2) is 0 Å². The Morgan fingerprint density at radius 2 is 2.04 bits per heavy atom. The lowest BCUT2D eigenvalue weighted by Gasteiger charge is -2.33. The molecule has 7 nitrogen and oxygen atoms in total. The fourth-order valence-corrected chi connectivity index (χ4v) is 3.99. The number of non-ortho nitro benzene ring substituents is 1. The van der Waals surface area contributed by atoms with E-state index in [2.05, 4.69) is 4.74 Å². The second-order valence-electron chi connectivity index (χ2n) is 5.74. The number of ether oxygens (including phenoxy) is 1. The molecule has 25 heavy (non-hydrogen) atoms. The van der Waals surface area contributed by atoms with Gasteiger partial charge in [0.25, 0.3) is 11.6 Å². The van der Waals surface area contributed by atoms with Crippen molar-refractivity contribution in [3.8, 4) is 0 Å². The fraction of sp³-hybridized carbons (Fsp3) is 0.294. The van der Waals surface area contributed by atoms with Crippen LogP contribution in [0.4, 0.5) is 5.69 Å². The minimum Gasteiger partial charge on any atom is -0.465 e. The summed E-state index contributed by atoms with van der Waals surface area (Å²) in [4.78, 5) is 38.1. The molecule has 0 saturated heterocycles. The summed E-state index contributed by atoms with van der Waals surface area (Å²) >= 11 is 1.67. The zero-order chi connectivity index (χ0) is 18.1. The average Bonchev–Trinajstić information content (AvgIpc) is 3.10. The highest BCUT2D eigenvalue weighted by Crippen LogP contribution is 2.34. The van der Waals surface area contributed by atoms with Gasteiger partial charge in [-0.05, 0) is 36.4 Å². The van der Waals surface area contributed by atoms with Gasteiger partial charge in [-0.1, -0.05) is 0 Å². The number of esters is 1. The summed E-state index contributed by atoms with van der Waals surface area (Å²) in [6.07, 6.45) is 0.752. The largest absolute Gasteiger partial charge is 0.465 e. The van der Waals surface area contributed by atoms with Crippen LogP contribution in [0, 0.1) is 10.1 Å². The molecule has 0 unspecified atom stereocenters. The molecule has 0 spiro atoms. The van der Waals surface area contributed by atoms with E-state index in [4.69, 9.17) is 0 Å². The predicted molar refractivity (Wildman–Crippen MR) is 91.9 cm³/mol. The molecule has 2 aromatic rings. The van der Waals surface area contributed by atoms with E-state index in [1.807, 2.05) is 18.4 Å². The van der Waals surface area contributed by atoms with Crippen molar-refractivity contribution in [2.45, 2.75) is 19.4 Å². The van der Waals surface area contributed by atoms with Crippen LogP contribution < -0.4 is 0 Å². The van der Waals surface area contributed by atoms with Crippen LogP contribution in [0.1, 0.15) is 44.1 Å². The van der Waals surface area contributed by atoms with Crippen molar-refractivity contribution in [3.63, 3.8) is 0 Å². The highest BCUT2D eigenvalue weighted by molar-refractivity contribution is 7.10. The smallest absolute Gasteiger partial charge is 0.338 e. The third-order valence-electron chi connectivity index (χ3n) is 4.33. The number of nitro benzene ring substituents is 1. The van der Waals surface area contributed by atoms with Crippen LogP contribution >= 0.6 is 11.3 Å². The Labute approximate surface area is 148 Å². The average molecular weight is 360 g/mol. The molecule has 1 aliphatic heterocycles. The van der Waals surface area contributed by atoms with Crippen LogP contribution in [0.3, 0.4) is 0 Å². The number of benzene rings is 1.